The van der Waals surface area contributed by atoms with Crippen molar-refractivity contribution in [3.05, 3.63) is 46.6 Å². The first-order chi connectivity index (χ1) is 16.1. The van der Waals surface area contributed by atoms with Gasteiger partial charge in [0.25, 0.3) is 5.91 Å². The summed E-state index contributed by atoms with van der Waals surface area (Å²) in [6.45, 7) is 14.9. The normalized spacial score (nSPS) is 13.7. The van der Waals surface area contributed by atoms with Gasteiger partial charge in [-0.05, 0) is 43.6 Å². The van der Waals surface area contributed by atoms with Crippen molar-refractivity contribution < 1.29 is 23.5 Å². The SMILES string of the molecule is CC(Cn1ccc(NC(=O)c2c(Cl)cccc2CC(=O)C(C)OC(N)=O)n1)O[Si](C)(C)C(C)(C)C. The number of ketones is 1. The monoisotopic (exact) mass is 522 g/mol. The lowest BCUT2D eigenvalue weighted by Gasteiger charge is -2.38. The van der Waals surface area contributed by atoms with E-state index >= 15 is 0 Å². The summed E-state index contributed by atoms with van der Waals surface area (Å²) in [6.07, 6.45) is -0.538. The van der Waals surface area contributed by atoms with Gasteiger partial charge in [0.15, 0.2) is 26.0 Å². The summed E-state index contributed by atoms with van der Waals surface area (Å²) in [7, 11) is -1.92. The molecular weight excluding hydrogens is 488 g/mol. The molecule has 0 bridgehead atoms. The van der Waals surface area contributed by atoms with E-state index in [2.05, 4.69) is 44.3 Å². The molecule has 0 aliphatic rings. The minimum absolute atomic E-state index is 0.0508. The number of amides is 2. The van der Waals surface area contributed by atoms with Crippen molar-refractivity contribution in [2.24, 2.45) is 5.73 Å². The van der Waals surface area contributed by atoms with Gasteiger partial charge in [0.05, 0.1) is 23.2 Å². The topological polar surface area (TPSA) is 126 Å². The molecule has 192 valence electrons. The number of nitrogens with zero attached hydrogens (tertiary/aromatic N) is 2. The molecule has 3 N–H and O–H groups in total. The van der Waals surface area contributed by atoms with Gasteiger partial charge < -0.3 is 20.2 Å². The molecule has 11 heteroatoms. The van der Waals surface area contributed by atoms with Gasteiger partial charge in [-0.3, -0.25) is 14.3 Å². The average Bonchev–Trinajstić information content (AvgIpc) is 3.12. The van der Waals surface area contributed by atoms with Crippen LogP contribution in [-0.4, -0.2) is 48.1 Å². The number of hydrogen-bond donors (Lipinski definition) is 2. The summed E-state index contributed by atoms with van der Waals surface area (Å²) < 4.78 is 12.8. The van der Waals surface area contributed by atoms with Gasteiger partial charge in [-0.1, -0.05) is 44.5 Å². The summed E-state index contributed by atoms with van der Waals surface area (Å²) in [6, 6.07) is 6.50. The van der Waals surface area contributed by atoms with Crippen LogP contribution >= 0.6 is 11.6 Å². The Hall–Kier alpha value is -2.69. The van der Waals surface area contributed by atoms with E-state index in [4.69, 9.17) is 26.5 Å². The molecule has 0 spiro atoms. The van der Waals surface area contributed by atoms with Gasteiger partial charge in [-0.25, -0.2) is 4.79 Å². The van der Waals surface area contributed by atoms with E-state index in [-0.39, 0.29) is 28.1 Å². The molecule has 0 aliphatic carbocycles. The number of carbonyl (C=O) groups is 3. The van der Waals surface area contributed by atoms with E-state index in [9.17, 15) is 14.4 Å². The number of primary amides is 1. The maximum atomic E-state index is 13.0. The van der Waals surface area contributed by atoms with Gasteiger partial charge in [-0.15, -0.1) is 0 Å². The van der Waals surface area contributed by atoms with E-state index in [0.717, 1.165) is 0 Å². The summed E-state index contributed by atoms with van der Waals surface area (Å²) in [5, 5.41) is 7.45. The third-order valence-corrected chi connectivity index (χ3v) is 11.0. The van der Waals surface area contributed by atoms with Crippen LogP contribution in [0.2, 0.25) is 23.2 Å². The Morgan fingerprint density at radius 2 is 1.86 bits per heavy atom. The molecule has 1 aromatic carbocycles. The number of anilines is 1. The number of aromatic nitrogens is 2. The molecule has 0 saturated heterocycles. The van der Waals surface area contributed by atoms with Gasteiger partial charge in [0, 0.05) is 18.7 Å². The van der Waals surface area contributed by atoms with Crippen LogP contribution in [0, 0.1) is 0 Å². The van der Waals surface area contributed by atoms with Gasteiger partial charge in [0.1, 0.15) is 0 Å². The first-order valence-corrected chi connectivity index (χ1v) is 14.7. The minimum Gasteiger partial charge on any atom is -0.439 e. The zero-order valence-electron chi connectivity index (χ0n) is 21.3. The van der Waals surface area contributed by atoms with E-state index in [1.807, 2.05) is 6.92 Å². The van der Waals surface area contributed by atoms with Crippen LogP contribution in [0.5, 0.6) is 0 Å². The van der Waals surface area contributed by atoms with Crippen molar-refractivity contribution >= 4 is 43.5 Å². The molecule has 2 unspecified atom stereocenters. The maximum absolute atomic E-state index is 13.0. The lowest BCUT2D eigenvalue weighted by atomic mass is 9.99. The lowest BCUT2D eigenvalue weighted by Crippen LogP contribution is -2.44. The highest BCUT2D eigenvalue weighted by molar-refractivity contribution is 6.74. The minimum atomic E-state index is -1.92. The molecule has 0 radical (unpaired) electrons. The van der Waals surface area contributed by atoms with Crippen molar-refractivity contribution in [2.75, 3.05) is 5.32 Å². The molecule has 2 aromatic rings. The summed E-state index contributed by atoms with van der Waals surface area (Å²) in [4.78, 5) is 36.4. The second kappa shape index (κ2) is 11.4. The van der Waals surface area contributed by atoms with E-state index in [1.54, 1.807) is 35.1 Å². The summed E-state index contributed by atoms with van der Waals surface area (Å²) in [5.41, 5.74) is 5.53. The zero-order valence-corrected chi connectivity index (χ0v) is 23.1. The van der Waals surface area contributed by atoms with Crippen LogP contribution < -0.4 is 11.1 Å². The highest BCUT2D eigenvalue weighted by atomic mass is 35.5. The van der Waals surface area contributed by atoms with Gasteiger partial charge >= 0.3 is 6.09 Å². The summed E-state index contributed by atoms with van der Waals surface area (Å²) in [5.74, 6) is -0.574. The van der Waals surface area contributed by atoms with Gasteiger partial charge in [0.2, 0.25) is 0 Å². The molecule has 1 aromatic heterocycles. The Morgan fingerprint density at radius 3 is 2.46 bits per heavy atom. The Labute approximate surface area is 212 Å². The molecule has 1 heterocycles. The second-order valence-electron chi connectivity index (χ2n) is 10.1. The van der Waals surface area contributed by atoms with Crippen LogP contribution in [0.3, 0.4) is 0 Å². The molecule has 0 aliphatic heterocycles. The molecule has 0 saturated carbocycles. The van der Waals surface area contributed by atoms with Crippen molar-refractivity contribution in [3.8, 4) is 0 Å². The predicted octanol–water partition coefficient (Wildman–Crippen LogP) is 4.79. The quantitative estimate of drug-likeness (QED) is 0.432. The largest absolute Gasteiger partial charge is 0.439 e. The van der Waals surface area contributed by atoms with Crippen LogP contribution in [0.15, 0.2) is 30.5 Å². The number of hydrogen-bond acceptors (Lipinski definition) is 6. The first-order valence-electron chi connectivity index (χ1n) is 11.4. The predicted molar refractivity (Wildman–Crippen MR) is 138 cm³/mol. The maximum Gasteiger partial charge on any atom is 0.405 e. The van der Waals surface area contributed by atoms with Crippen molar-refractivity contribution in [2.45, 2.75) is 77.9 Å². The smallest absolute Gasteiger partial charge is 0.405 e. The number of carbonyl (C=O) groups excluding carboxylic acids is 3. The second-order valence-corrected chi connectivity index (χ2v) is 15.2. The average molecular weight is 523 g/mol. The number of halogens is 1. The fourth-order valence-corrected chi connectivity index (χ4v) is 4.95. The van der Waals surface area contributed by atoms with Crippen LogP contribution in [-0.2, 0) is 26.9 Å². The highest BCUT2D eigenvalue weighted by Gasteiger charge is 2.38. The molecular formula is C24H35ClN4O5Si. The van der Waals surface area contributed by atoms with Gasteiger partial charge in [-0.2, -0.15) is 5.10 Å². The fraction of sp³-hybridized carbons (Fsp3) is 0.500. The lowest BCUT2D eigenvalue weighted by molar-refractivity contribution is -0.125. The van der Waals surface area contributed by atoms with Crippen LogP contribution in [0.25, 0.3) is 0 Å². The van der Waals surface area contributed by atoms with Crippen LogP contribution in [0.1, 0.15) is 50.5 Å². The number of rotatable bonds is 10. The number of benzene rings is 1. The third kappa shape index (κ3) is 7.91. The number of Topliss-reactive ketones (excluding diaryl/α,β-unsaturated/α-hetero) is 1. The number of nitrogens with two attached hydrogens (primary N) is 1. The number of ether oxygens (including phenoxy) is 1. The van der Waals surface area contributed by atoms with Crippen molar-refractivity contribution in [3.63, 3.8) is 0 Å². The Morgan fingerprint density at radius 1 is 1.20 bits per heavy atom. The molecule has 0 fully saturated rings. The first kappa shape index (κ1) is 28.5. The van der Waals surface area contributed by atoms with Crippen molar-refractivity contribution in [1.82, 2.24) is 9.78 Å². The number of nitrogens with one attached hydrogen (secondary N) is 1. The molecule has 2 rings (SSSR count). The standard InChI is InChI=1S/C24H35ClN4O5Si/c1-15(34-35(6,7)24(3,4)5)14-29-12-11-20(28-29)27-22(31)21-17(9-8-10-18(21)25)13-19(30)16(2)33-23(26)32/h8-12,15-16H,13-14H2,1-7H3,(H2,26,32)(H,27,28,31). The van der Waals surface area contributed by atoms with Crippen LogP contribution in [0.4, 0.5) is 10.6 Å². The van der Waals surface area contributed by atoms with Crippen molar-refractivity contribution in [1.29, 1.82) is 0 Å². The Balaban J connectivity index is 2.10. The van der Waals surface area contributed by atoms with E-state index in [0.29, 0.717) is 17.9 Å². The molecule has 9 nitrogen and oxygen atoms in total. The summed E-state index contributed by atoms with van der Waals surface area (Å²) >= 11 is 6.29. The Kier molecular flexibility index (Phi) is 9.27. The molecule has 35 heavy (non-hydrogen) atoms. The van der Waals surface area contributed by atoms with E-state index in [1.165, 1.54) is 6.92 Å². The highest BCUT2D eigenvalue weighted by Crippen LogP contribution is 2.37. The molecule has 2 atom stereocenters. The van der Waals surface area contributed by atoms with E-state index < -0.39 is 32.2 Å². The third-order valence-electron chi connectivity index (χ3n) is 6.07. The fourth-order valence-electron chi connectivity index (χ4n) is 3.23. The molecule has 2 amide bonds. The zero-order chi connectivity index (χ0) is 26.6. The Bertz CT molecular complexity index is 1080.